The lowest BCUT2D eigenvalue weighted by Crippen LogP contribution is -2.56. The fourth-order valence-electron chi connectivity index (χ4n) is 1.76. The van der Waals surface area contributed by atoms with Gasteiger partial charge in [0.05, 0.1) is 11.5 Å². The zero-order valence-electron chi connectivity index (χ0n) is 12.7. The van der Waals surface area contributed by atoms with Gasteiger partial charge in [-0.15, -0.1) is 0 Å². The number of amides is 1. The second kappa shape index (κ2) is 6.06. The lowest BCUT2D eigenvalue weighted by molar-refractivity contribution is -0.143. The average Bonchev–Trinajstić information content (AvgIpc) is 2.37. The molecule has 0 aromatic heterocycles. The molecule has 0 aliphatic rings. The van der Waals surface area contributed by atoms with Crippen molar-refractivity contribution in [3.05, 3.63) is 35.9 Å². The Hall–Kier alpha value is -1.86. The second-order valence-electron chi connectivity index (χ2n) is 6.15. The number of hydrogen-bond acceptors (Lipinski definition) is 3. The minimum atomic E-state index is -0.737. The van der Waals surface area contributed by atoms with Crippen LogP contribution >= 0.6 is 0 Å². The maximum Gasteiger partial charge on any atom is 0.231 e. The molecule has 0 heterocycles. The zero-order valence-corrected chi connectivity index (χ0v) is 12.7. The van der Waals surface area contributed by atoms with Crippen molar-refractivity contribution in [1.29, 1.82) is 5.26 Å². The predicted molar refractivity (Wildman–Crippen MR) is 79.5 cm³/mol. The first-order valence-electron chi connectivity index (χ1n) is 6.69. The molecule has 0 bridgehead atoms. The Morgan fingerprint density at radius 3 is 2.25 bits per heavy atom. The van der Waals surface area contributed by atoms with E-state index in [0.29, 0.717) is 6.54 Å². The van der Waals surface area contributed by atoms with E-state index in [1.807, 2.05) is 58.0 Å². The minimum Gasteiger partial charge on any atom is -0.325 e. The van der Waals surface area contributed by atoms with Crippen LogP contribution in [0.2, 0.25) is 0 Å². The number of nitriles is 1. The molecule has 0 radical (unpaired) electrons. The molecule has 0 atom stereocenters. The molecule has 108 valence electrons. The van der Waals surface area contributed by atoms with Gasteiger partial charge in [0.2, 0.25) is 5.91 Å². The summed E-state index contributed by atoms with van der Waals surface area (Å²) in [5.74, 6) is -0.101. The van der Waals surface area contributed by atoms with E-state index < -0.39 is 11.0 Å². The van der Waals surface area contributed by atoms with Gasteiger partial charge in [-0.3, -0.25) is 4.79 Å². The average molecular weight is 273 g/mol. The molecular weight excluding hydrogens is 250 g/mol. The third-order valence-corrected chi connectivity index (χ3v) is 3.91. The highest BCUT2D eigenvalue weighted by Gasteiger charge is 2.42. The summed E-state index contributed by atoms with van der Waals surface area (Å²) in [6, 6.07) is 11.7. The summed E-state index contributed by atoms with van der Waals surface area (Å²) in [6.45, 7) is 7.80. The van der Waals surface area contributed by atoms with Crippen LogP contribution in [0.3, 0.4) is 0 Å². The molecular formula is C16H23N3O. The maximum atomic E-state index is 12.7. The monoisotopic (exact) mass is 273 g/mol. The number of carbonyl (C=O) groups excluding carboxylic acids is 1. The summed E-state index contributed by atoms with van der Waals surface area (Å²) in [4.78, 5) is 14.3. The van der Waals surface area contributed by atoms with Gasteiger partial charge in [0, 0.05) is 12.1 Å². The van der Waals surface area contributed by atoms with E-state index in [1.165, 1.54) is 0 Å². The normalized spacial score (nSPS) is 11.8. The molecule has 1 aromatic rings. The van der Waals surface area contributed by atoms with Crippen molar-refractivity contribution in [3.8, 4) is 6.07 Å². The van der Waals surface area contributed by atoms with Crippen molar-refractivity contribution in [1.82, 2.24) is 4.90 Å². The Morgan fingerprint density at radius 1 is 1.25 bits per heavy atom. The molecule has 1 aromatic carbocycles. The van der Waals surface area contributed by atoms with Crippen LogP contribution < -0.4 is 5.73 Å². The van der Waals surface area contributed by atoms with Crippen LogP contribution in [-0.4, -0.2) is 22.9 Å². The molecule has 0 saturated heterocycles. The summed E-state index contributed by atoms with van der Waals surface area (Å²) in [6.07, 6.45) is 0. The van der Waals surface area contributed by atoms with Gasteiger partial charge in [-0.1, -0.05) is 30.3 Å². The Balaban J connectivity index is 2.98. The molecule has 1 rings (SSSR count). The van der Waals surface area contributed by atoms with E-state index in [-0.39, 0.29) is 12.5 Å². The number of nitrogens with two attached hydrogens (primary N) is 1. The predicted octanol–water partition coefficient (Wildman–Crippen LogP) is 2.30. The zero-order chi connectivity index (χ0) is 15.4. The van der Waals surface area contributed by atoms with Gasteiger partial charge in [-0.25, -0.2) is 0 Å². The van der Waals surface area contributed by atoms with Crippen molar-refractivity contribution >= 4 is 5.91 Å². The highest BCUT2D eigenvalue weighted by Crippen LogP contribution is 2.31. The molecule has 0 aliphatic heterocycles. The Morgan fingerprint density at radius 2 is 1.80 bits per heavy atom. The van der Waals surface area contributed by atoms with Crippen LogP contribution in [0, 0.1) is 16.7 Å². The molecule has 2 N–H and O–H groups in total. The summed E-state index contributed by atoms with van der Waals surface area (Å²) in [5.41, 5.74) is 5.72. The van der Waals surface area contributed by atoms with Crippen molar-refractivity contribution in [2.75, 3.05) is 6.54 Å². The molecule has 4 heteroatoms. The SMILES string of the molecule is CC(C)(N)C(C)(C)C(=O)N(CC#N)Cc1ccccc1. The lowest BCUT2D eigenvalue weighted by atomic mass is 9.74. The maximum absolute atomic E-state index is 12.7. The molecule has 20 heavy (non-hydrogen) atoms. The first-order chi connectivity index (χ1) is 9.20. The highest BCUT2D eigenvalue weighted by atomic mass is 16.2. The minimum absolute atomic E-state index is 0.0627. The fourth-order valence-corrected chi connectivity index (χ4v) is 1.76. The Kier molecular flexibility index (Phi) is 4.91. The van der Waals surface area contributed by atoms with E-state index in [9.17, 15) is 4.79 Å². The Labute approximate surface area is 121 Å². The van der Waals surface area contributed by atoms with Gasteiger partial charge in [0.1, 0.15) is 6.54 Å². The first kappa shape index (κ1) is 16.2. The van der Waals surface area contributed by atoms with Gasteiger partial charge >= 0.3 is 0 Å². The Bertz CT molecular complexity index is 495. The van der Waals surface area contributed by atoms with Crippen molar-refractivity contribution in [3.63, 3.8) is 0 Å². The highest BCUT2D eigenvalue weighted by molar-refractivity contribution is 5.83. The van der Waals surface area contributed by atoms with Crippen LogP contribution in [-0.2, 0) is 11.3 Å². The van der Waals surface area contributed by atoms with Gasteiger partial charge in [-0.2, -0.15) is 5.26 Å². The lowest BCUT2D eigenvalue weighted by Gasteiger charge is -2.40. The molecule has 0 spiro atoms. The summed E-state index contributed by atoms with van der Waals surface area (Å²) in [5, 5.41) is 8.96. The molecule has 4 nitrogen and oxygen atoms in total. The van der Waals surface area contributed by atoms with Crippen LogP contribution in [0.5, 0.6) is 0 Å². The molecule has 0 fully saturated rings. The summed E-state index contributed by atoms with van der Waals surface area (Å²) in [7, 11) is 0. The second-order valence-corrected chi connectivity index (χ2v) is 6.15. The molecule has 0 aliphatic carbocycles. The van der Waals surface area contributed by atoms with Crippen molar-refractivity contribution < 1.29 is 4.79 Å². The van der Waals surface area contributed by atoms with Crippen LogP contribution in [0.4, 0.5) is 0 Å². The number of nitrogens with zero attached hydrogens (tertiary/aromatic N) is 2. The van der Waals surface area contributed by atoms with Crippen molar-refractivity contribution in [2.45, 2.75) is 39.8 Å². The van der Waals surface area contributed by atoms with E-state index >= 15 is 0 Å². The van der Waals surface area contributed by atoms with Gasteiger partial charge in [0.25, 0.3) is 0 Å². The smallest absolute Gasteiger partial charge is 0.231 e. The van der Waals surface area contributed by atoms with Gasteiger partial charge in [-0.05, 0) is 33.3 Å². The largest absolute Gasteiger partial charge is 0.325 e. The van der Waals surface area contributed by atoms with Gasteiger partial charge < -0.3 is 10.6 Å². The summed E-state index contributed by atoms with van der Waals surface area (Å²) >= 11 is 0. The molecule has 0 saturated carbocycles. The fraction of sp³-hybridized carbons (Fsp3) is 0.500. The first-order valence-corrected chi connectivity index (χ1v) is 6.69. The van der Waals surface area contributed by atoms with E-state index in [4.69, 9.17) is 11.0 Å². The molecule has 0 unspecified atom stereocenters. The number of rotatable bonds is 5. The number of benzene rings is 1. The van der Waals surface area contributed by atoms with E-state index in [2.05, 4.69) is 6.07 Å². The standard InChI is InChI=1S/C16H23N3O/c1-15(2,16(3,4)18)14(20)19(11-10-17)12-13-8-6-5-7-9-13/h5-9H,11-12,18H2,1-4H3. The van der Waals surface area contributed by atoms with Crippen LogP contribution in [0.15, 0.2) is 30.3 Å². The van der Waals surface area contributed by atoms with E-state index in [0.717, 1.165) is 5.56 Å². The topological polar surface area (TPSA) is 70.1 Å². The number of carbonyl (C=O) groups is 1. The number of hydrogen-bond donors (Lipinski definition) is 1. The summed E-state index contributed by atoms with van der Waals surface area (Å²) < 4.78 is 0. The third kappa shape index (κ3) is 3.58. The van der Waals surface area contributed by atoms with Crippen LogP contribution in [0.25, 0.3) is 0 Å². The van der Waals surface area contributed by atoms with Crippen molar-refractivity contribution in [2.24, 2.45) is 11.1 Å². The van der Waals surface area contributed by atoms with Crippen LogP contribution in [0.1, 0.15) is 33.3 Å². The molecule has 1 amide bonds. The van der Waals surface area contributed by atoms with Gasteiger partial charge in [0.15, 0.2) is 0 Å². The van der Waals surface area contributed by atoms with E-state index in [1.54, 1.807) is 4.90 Å². The quantitative estimate of drug-likeness (QED) is 0.837. The third-order valence-electron chi connectivity index (χ3n) is 3.91.